The van der Waals surface area contributed by atoms with Crippen LogP contribution >= 0.6 is 0 Å². The Bertz CT molecular complexity index is 337. The van der Waals surface area contributed by atoms with E-state index in [9.17, 15) is 0 Å². The third kappa shape index (κ3) is 4.98. The van der Waals surface area contributed by atoms with Gasteiger partial charge in [-0.1, -0.05) is 26.7 Å². The van der Waals surface area contributed by atoms with E-state index in [-0.39, 0.29) is 0 Å². The molecule has 0 fully saturated rings. The van der Waals surface area contributed by atoms with Gasteiger partial charge in [0.1, 0.15) is 5.75 Å². The Kier molecular flexibility index (Phi) is 5.67. The Hall–Kier alpha value is -1.38. The number of nitrogen functional groups attached to an aromatic ring is 1. The van der Waals surface area contributed by atoms with E-state index in [0.717, 1.165) is 29.6 Å². The highest BCUT2D eigenvalue weighted by atomic mass is 16.5. The summed E-state index contributed by atoms with van der Waals surface area (Å²) in [5.41, 5.74) is 7.63. The third-order valence-corrected chi connectivity index (χ3v) is 2.78. The lowest BCUT2D eigenvalue weighted by Gasteiger charge is -2.11. The fourth-order valence-electron chi connectivity index (χ4n) is 1.72. The maximum absolute atomic E-state index is 5.89. The zero-order chi connectivity index (χ0) is 12.7. The van der Waals surface area contributed by atoms with Gasteiger partial charge in [0, 0.05) is 12.6 Å². The van der Waals surface area contributed by atoms with Gasteiger partial charge >= 0.3 is 0 Å². The SMILES string of the molecule is COc1ccc(N)c(NCCCCC(C)C)c1. The molecular weight excluding hydrogens is 212 g/mol. The molecule has 0 amide bonds. The predicted octanol–water partition coefficient (Wildman–Crippen LogP) is 3.52. The normalized spacial score (nSPS) is 10.6. The molecule has 3 nitrogen and oxygen atoms in total. The summed E-state index contributed by atoms with van der Waals surface area (Å²) in [6.45, 7) is 5.48. The van der Waals surface area contributed by atoms with Crippen molar-refractivity contribution in [1.82, 2.24) is 0 Å². The highest BCUT2D eigenvalue weighted by Gasteiger charge is 2.01. The number of nitrogens with one attached hydrogen (secondary N) is 1. The smallest absolute Gasteiger partial charge is 0.121 e. The number of anilines is 2. The van der Waals surface area contributed by atoms with Crippen LogP contribution in [-0.2, 0) is 0 Å². The lowest BCUT2D eigenvalue weighted by molar-refractivity contribution is 0.415. The number of rotatable bonds is 7. The Morgan fingerprint density at radius 3 is 2.71 bits per heavy atom. The van der Waals surface area contributed by atoms with Gasteiger partial charge in [-0.2, -0.15) is 0 Å². The van der Waals surface area contributed by atoms with Crippen LogP contribution in [0.4, 0.5) is 11.4 Å². The standard InChI is InChI=1S/C14H24N2O/c1-11(2)6-4-5-9-16-14-10-12(17-3)7-8-13(14)15/h7-8,10-11,16H,4-6,9,15H2,1-3H3. The van der Waals surface area contributed by atoms with Crippen molar-refractivity contribution in [3.05, 3.63) is 18.2 Å². The minimum atomic E-state index is 0.773. The first kappa shape index (κ1) is 13.7. The summed E-state index contributed by atoms with van der Waals surface area (Å²) in [6, 6.07) is 5.69. The van der Waals surface area contributed by atoms with Crippen LogP contribution in [0.2, 0.25) is 0 Å². The van der Waals surface area contributed by atoms with Crippen molar-refractivity contribution in [1.29, 1.82) is 0 Å². The molecule has 0 aliphatic carbocycles. The van der Waals surface area contributed by atoms with Gasteiger partial charge in [0.2, 0.25) is 0 Å². The molecule has 0 unspecified atom stereocenters. The number of nitrogens with two attached hydrogens (primary N) is 1. The number of unbranched alkanes of at least 4 members (excludes halogenated alkanes) is 1. The summed E-state index contributed by atoms with van der Waals surface area (Å²) in [4.78, 5) is 0. The van der Waals surface area contributed by atoms with Crippen LogP contribution in [0.3, 0.4) is 0 Å². The summed E-state index contributed by atoms with van der Waals surface area (Å²) in [5.74, 6) is 1.63. The molecule has 0 aliphatic heterocycles. The number of hydrogen-bond acceptors (Lipinski definition) is 3. The van der Waals surface area contributed by atoms with E-state index >= 15 is 0 Å². The second kappa shape index (κ2) is 7.05. The van der Waals surface area contributed by atoms with Gasteiger partial charge < -0.3 is 15.8 Å². The van der Waals surface area contributed by atoms with Gasteiger partial charge in [-0.15, -0.1) is 0 Å². The van der Waals surface area contributed by atoms with Gasteiger partial charge in [-0.05, 0) is 24.5 Å². The van der Waals surface area contributed by atoms with Crippen molar-refractivity contribution in [2.45, 2.75) is 33.1 Å². The average Bonchev–Trinajstić information content (AvgIpc) is 2.30. The van der Waals surface area contributed by atoms with Crippen molar-refractivity contribution < 1.29 is 4.74 Å². The molecule has 0 heterocycles. The first-order valence-electron chi connectivity index (χ1n) is 6.31. The van der Waals surface area contributed by atoms with Crippen LogP contribution in [0.5, 0.6) is 5.75 Å². The van der Waals surface area contributed by atoms with E-state index in [1.165, 1.54) is 19.3 Å². The first-order chi connectivity index (χ1) is 8.13. The summed E-state index contributed by atoms with van der Waals surface area (Å²) in [5, 5.41) is 3.36. The molecule has 1 rings (SSSR count). The number of benzene rings is 1. The zero-order valence-corrected chi connectivity index (χ0v) is 11.1. The van der Waals surface area contributed by atoms with Crippen LogP contribution in [0.15, 0.2) is 18.2 Å². The third-order valence-electron chi connectivity index (χ3n) is 2.78. The van der Waals surface area contributed by atoms with Crippen molar-refractivity contribution in [2.24, 2.45) is 5.92 Å². The fourth-order valence-corrected chi connectivity index (χ4v) is 1.72. The minimum absolute atomic E-state index is 0.773. The van der Waals surface area contributed by atoms with Gasteiger partial charge in [-0.3, -0.25) is 0 Å². The van der Waals surface area contributed by atoms with Gasteiger partial charge in [0.05, 0.1) is 18.5 Å². The molecule has 1 aromatic carbocycles. The van der Waals surface area contributed by atoms with Crippen molar-refractivity contribution in [2.75, 3.05) is 24.7 Å². The molecular formula is C14H24N2O. The van der Waals surface area contributed by atoms with E-state index in [0.29, 0.717) is 0 Å². The van der Waals surface area contributed by atoms with Crippen LogP contribution in [-0.4, -0.2) is 13.7 Å². The Morgan fingerprint density at radius 2 is 2.06 bits per heavy atom. The molecule has 0 saturated heterocycles. The quantitative estimate of drug-likeness (QED) is 0.562. The Balaban J connectivity index is 2.35. The van der Waals surface area contributed by atoms with E-state index in [4.69, 9.17) is 10.5 Å². The maximum Gasteiger partial charge on any atom is 0.121 e. The fraction of sp³-hybridized carbons (Fsp3) is 0.571. The molecule has 0 aliphatic rings. The lowest BCUT2D eigenvalue weighted by Crippen LogP contribution is -2.05. The summed E-state index contributed by atoms with van der Waals surface area (Å²) < 4.78 is 5.17. The number of ether oxygens (including phenoxy) is 1. The zero-order valence-electron chi connectivity index (χ0n) is 11.1. The number of methoxy groups -OCH3 is 1. The molecule has 96 valence electrons. The first-order valence-corrected chi connectivity index (χ1v) is 6.31. The lowest BCUT2D eigenvalue weighted by atomic mass is 10.1. The largest absolute Gasteiger partial charge is 0.497 e. The van der Waals surface area contributed by atoms with E-state index in [1.807, 2.05) is 18.2 Å². The van der Waals surface area contributed by atoms with Crippen LogP contribution < -0.4 is 15.8 Å². The van der Waals surface area contributed by atoms with Gasteiger partial charge in [0.15, 0.2) is 0 Å². The highest BCUT2D eigenvalue weighted by molar-refractivity contribution is 5.68. The van der Waals surface area contributed by atoms with Crippen LogP contribution in [0, 0.1) is 5.92 Å². The number of hydrogen-bond donors (Lipinski definition) is 2. The molecule has 0 saturated carbocycles. The second-order valence-corrected chi connectivity index (χ2v) is 4.77. The maximum atomic E-state index is 5.89. The Morgan fingerprint density at radius 1 is 1.29 bits per heavy atom. The van der Waals surface area contributed by atoms with Crippen LogP contribution in [0.1, 0.15) is 33.1 Å². The topological polar surface area (TPSA) is 47.3 Å². The summed E-state index contributed by atoms with van der Waals surface area (Å²) in [6.07, 6.45) is 3.72. The van der Waals surface area contributed by atoms with Crippen molar-refractivity contribution in [3.63, 3.8) is 0 Å². The molecule has 0 bridgehead atoms. The van der Waals surface area contributed by atoms with E-state index in [2.05, 4.69) is 19.2 Å². The average molecular weight is 236 g/mol. The minimum Gasteiger partial charge on any atom is -0.497 e. The van der Waals surface area contributed by atoms with Crippen molar-refractivity contribution >= 4 is 11.4 Å². The van der Waals surface area contributed by atoms with Gasteiger partial charge in [-0.25, -0.2) is 0 Å². The second-order valence-electron chi connectivity index (χ2n) is 4.77. The summed E-state index contributed by atoms with van der Waals surface area (Å²) >= 11 is 0. The Labute approximate surface area is 104 Å². The molecule has 0 aromatic heterocycles. The molecule has 3 N–H and O–H groups in total. The van der Waals surface area contributed by atoms with E-state index in [1.54, 1.807) is 7.11 Å². The molecule has 0 atom stereocenters. The van der Waals surface area contributed by atoms with Crippen LogP contribution in [0.25, 0.3) is 0 Å². The molecule has 17 heavy (non-hydrogen) atoms. The van der Waals surface area contributed by atoms with Gasteiger partial charge in [0.25, 0.3) is 0 Å². The predicted molar refractivity (Wildman–Crippen MR) is 74.6 cm³/mol. The molecule has 0 spiro atoms. The summed E-state index contributed by atoms with van der Waals surface area (Å²) in [7, 11) is 1.66. The van der Waals surface area contributed by atoms with Crippen molar-refractivity contribution in [3.8, 4) is 5.75 Å². The van der Waals surface area contributed by atoms with E-state index < -0.39 is 0 Å². The molecule has 0 radical (unpaired) electrons. The molecule has 1 aromatic rings. The highest BCUT2D eigenvalue weighted by Crippen LogP contribution is 2.24. The monoisotopic (exact) mass is 236 g/mol. The molecule has 3 heteroatoms.